The Hall–Kier alpha value is -2.30. The number of epoxide rings is 1. The zero-order valence-corrected chi connectivity index (χ0v) is 15.0. The highest BCUT2D eigenvalue weighted by Crippen LogP contribution is 2.43. The predicted octanol–water partition coefficient (Wildman–Crippen LogP) is 4.26. The number of fused-ring (bicyclic) bond motifs is 1. The lowest BCUT2D eigenvalue weighted by Gasteiger charge is -2.21. The highest BCUT2D eigenvalue weighted by Gasteiger charge is 2.51. The molecule has 2 aromatic carbocycles. The summed E-state index contributed by atoms with van der Waals surface area (Å²) in [5.41, 5.74) is 3.51. The Morgan fingerprint density at radius 1 is 1.16 bits per heavy atom. The second kappa shape index (κ2) is 7.72. The van der Waals surface area contributed by atoms with Crippen LogP contribution in [0.15, 0.2) is 54.1 Å². The van der Waals surface area contributed by atoms with Crippen molar-refractivity contribution in [3.8, 4) is 11.5 Å². The first-order valence-corrected chi connectivity index (χ1v) is 8.64. The minimum absolute atomic E-state index is 0. The van der Waals surface area contributed by atoms with E-state index < -0.39 is 5.79 Å². The van der Waals surface area contributed by atoms with Gasteiger partial charge in [0.15, 0.2) is 0 Å². The van der Waals surface area contributed by atoms with E-state index in [0.717, 1.165) is 35.8 Å². The quantitative estimate of drug-likeness (QED) is 0.844. The lowest BCUT2D eigenvalue weighted by Crippen LogP contribution is -2.24. The lowest BCUT2D eigenvalue weighted by molar-refractivity contribution is 0.0938. The number of benzene rings is 2. The standard InChI is InChI=1S/C11H10O2.C10H15NO.H2/c1-8-6-9-4-2-3-5-10(9)13-11(8)7-12-11;1-3-12-10-7-5-4-6-9(10)8-11-2;/h2-6H,7H2,1H3;4-7,11H,3,8H2,1-2H3;1H. The molecule has 0 aromatic heterocycles. The highest BCUT2D eigenvalue weighted by molar-refractivity contribution is 5.64. The van der Waals surface area contributed by atoms with Gasteiger partial charge in [-0.25, -0.2) is 0 Å². The molecule has 25 heavy (non-hydrogen) atoms. The fourth-order valence-electron chi connectivity index (χ4n) is 2.78. The molecule has 4 rings (SSSR count). The molecule has 0 amide bonds. The average molecular weight is 341 g/mol. The van der Waals surface area contributed by atoms with Gasteiger partial charge in [0.1, 0.15) is 18.1 Å². The van der Waals surface area contributed by atoms with Crippen LogP contribution in [0.2, 0.25) is 0 Å². The first-order chi connectivity index (χ1) is 12.2. The van der Waals surface area contributed by atoms with E-state index in [1.807, 2.05) is 63.4 Å². The number of ether oxygens (including phenoxy) is 3. The normalized spacial score (nSPS) is 19.9. The fraction of sp³-hybridized carbons (Fsp3) is 0.333. The second-order valence-electron chi connectivity index (χ2n) is 6.08. The van der Waals surface area contributed by atoms with Gasteiger partial charge in [0.2, 0.25) is 0 Å². The molecule has 2 heterocycles. The smallest absolute Gasteiger partial charge is 0.257 e. The number of rotatable bonds is 4. The van der Waals surface area contributed by atoms with E-state index >= 15 is 0 Å². The molecule has 1 N–H and O–H groups in total. The monoisotopic (exact) mass is 341 g/mol. The summed E-state index contributed by atoms with van der Waals surface area (Å²) in [5, 5.41) is 3.10. The van der Waals surface area contributed by atoms with Gasteiger partial charge in [-0.15, -0.1) is 0 Å². The molecule has 2 aromatic rings. The molecule has 2 aliphatic heterocycles. The Balaban J connectivity index is 0.000000181. The molecule has 0 radical (unpaired) electrons. The summed E-state index contributed by atoms with van der Waals surface area (Å²) >= 11 is 0. The van der Waals surface area contributed by atoms with E-state index in [-0.39, 0.29) is 1.43 Å². The van der Waals surface area contributed by atoms with Gasteiger partial charge < -0.3 is 19.5 Å². The van der Waals surface area contributed by atoms with Gasteiger partial charge in [-0.2, -0.15) is 0 Å². The van der Waals surface area contributed by atoms with Crippen LogP contribution in [0, 0.1) is 0 Å². The summed E-state index contributed by atoms with van der Waals surface area (Å²) in [6, 6.07) is 16.1. The Labute approximate surface area is 150 Å². The van der Waals surface area contributed by atoms with E-state index in [9.17, 15) is 0 Å². The van der Waals surface area contributed by atoms with E-state index in [1.54, 1.807) is 0 Å². The Bertz CT molecular complexity index is 731. The van der Waals surface area contributed by atoms with Gasteiger partial charge in [0, 0.05) is 24.7 Å². The van der Waals surface area contributed by atoms with Crippen molar-refractivity contribution >= 4 is 6.08 Å². The SMILES string of the molecule is CC1=Cc2ccccc2OC12CO2.CCOc1ccccc1CNC.[HH]. The number of para-hydroxylation sites is 2. The van der Waals surface area contributed by atoms with E-state index in [4.69, 9.17) is 14.2 Å². The van der Waals surface area contributed by atoms with Crippen LogP contribution in [0.1, 0.15) is 26.4 Å². The molecule has 0 saturated carbocycles. The van der Waals surface area contributed by atoms with E-state index in [1.165, 1.54) is 5.56 Å². The molecule has 1 atom stereocenters. The molecule has 134 valence electrons. The Morgan fingerprint density at radius 3 is 2.60 bits per heavy atom. The first-order valence-electron chi connectivity index (χ1n) is 8.64. The predicted molar refractivity (Wildman–Crippen MR) is 102 cm³/mol. The van der Waals surface area contributed by atoms with Crippen LogP contribution >= 0.6 is 0 Å². The average Bonchev–Trinajstić information content (AvgIpc) is 3.39. The first kappa shape index (κ1) is 17.5. The van der Waals surface area contributed by atoms with Gasteiger partial charge in [-0.3, -0.25) is 0 Å². The van der Waals surface area contributed by atoms with Crippen LogP contribution in [-0.4, -0.2) is 26.0 Å². The van der Waals surface area contributed by atoms with Crippen LogP contribution in [0.25, 0.3) is 6.08 Å². The van der Waals surface area contributed by atoms with Gasteiger partial charge >= 0.3 is 0 Å². The van der Waals surface area contributed by atoms with E-state index in [0.29, 0.717) is 6.61 Å². The molecule has 4 heteroatoms. The molecular weight excluding hydrogens is 314 g/mol. The van der Waals surface area contributed by atoms with Crippen molar-refractivity contribution in [2.45, 2.75) is 26.2 Å². The van der Waals surface area contributed by atoms with Crippen LogP contribution in [-0.2, 0) is 11.3 Å². The summed E-state index contributed by atoms with van der Waals surface area (Å²) in [5.74, 6) is 1.49. The molecule has 1 saturated heterocycles. The van der Waals surface area contributed by atoms with Crippen LogP contribution in [0.4, 0.5) is 0 Å². The molecule has 1 fully saturated rings. The third kappa shape index (κ3) is 4.03. The lowest BCUT2D eigenvalue weighted by atomic mass is 10.0. The van der Waals surface area contributed by atoms with Gasteiger partial charge in [-0.1, -0.05) is 36.4 Å². The third-order valence-electron chi connectivity index (χ3n) is 4.21. The largest absolute Gasteiger partial charge is 0.494 e. The highest BCUT2D eigenvalue weighted by atomic mass is 16.8. The maximum Gasteiger partial charge on any atom is 0.257 e. The van der Waals surface area contributed by atoms with Crippen molar-refractivity contribution < 1.29 is 15.6 Å². The summed E-state index contributed by atoms with van der Waals surface area (Å²) in [4.78, 5) is 0. The van der Waals surface area contributed by atoms with Crippen molar-refractivity contribution in [2.75, 3.05) is 20.3 Å². The molecule has 2 aliphatic rings. The fourth-order valence-corrected chi connectivity index (χ4v) is 2.78. The summed E-state index contributed by atoms with van der Waals surface area (Å²) < 4.78 is 16.5. The van der Waals surface area contributed by atoms with Gasteiger partial charge in [-0.05, 0) is 39.1 Å². The van der Waals surface area contributed by atoms with Crippen molar-refractivity contribution in [3.05, 3.63) is 65.2 Å². The Morgan fingerprint density at radius 2 is 1.88 bits per heavy atom. The minimum Gasteiger partial charge on any atom is -0.494 e. The number of hydrogen-bond acceptors (Lipinski definition) is 4. The molecular formula is C21H27NO3. The van der Waals surface area contributed by atoms with Crippen molar-refractivity contribution in [3.63, 3.8) is 0 Å². The van der Waals surface area contributed by atoms with Crippen LogP contribution < -0.4 is 14.8 Å². The maximum absolute atomic E-state index is 5.75. The van der Waals surface area contributed by atoms with Crippen molar-refractivity contribution in [1.29, 1.82) is 0 Å². The molecule has 1 unspecified atom stereocenters. The third-order valence-corrected chi connectivity index (χ3v) is 4.21. The van der Waals surface area contributed by atoms with E-state index in [2.05, 4.69) is 17.5 Å². The summed E-state index contributed by atoms with van der Waals surface area (Å²) in [6.45, 7) is 6.31. The second-order valence-corrected chi connectivity index (χ2v) is 6.08. The topological polar surface area (TPSA) is 43.0 Å². The number of hydrogen-bond donors (Lipinski definition) is 1. The minimum atomic E-state index is -0.408. The zero-order chi connectivity index (χ0) is 17.7. The molecule has 4 nitrogen and oxygen atoms in total. The molecule has 0 bridgehead atoms. The molecule has 0 aliphatic carbocycles. The Kier molecular flexibility index (Phi) is 5.41. The van der Waals surface area contributed by atoms with Crippen LogP contribution in [0.5, 0.6) is 11.5 Å². The maximum atomic E-state index is 5.75. The van der Waals surface area contributed by atoms with Crippen molar-refractivity contribution in [2.24, 2.45) is 0 Å². The number of nitrogens with one attached hydrogen (secondary N) is 1. The summed E-state index contributed by atoms with van der Waals surface area (Å²) in [7, 11) is 1.93. The van der Waals surface area contributed by atoms with Gasteiger partial charge in [0.25, 0.3) is 5.79 Å². The van der Waals surface area contributed by atoms with Crippen LogP contribution in [0.3, 0.4) is 0 Å². The van der Waals surface area contributed by atoms with Gasteiger partial charge in [0.05, 0.1) is 6.61 Å². The van der Waals surface area contributed by atoms with Crippen molar-refractivity contribution in [1.82, 2.24) is 5.32 Å². The zero-order valence-electron chi connectivity index (χ0n) is 15.0. The summed E-state index contributed by atoms with van der Waals surface area (Å²) in [6.07, 6.45) is 2.13. The molecule has 1 spiro atoms.